The Morgan fingerprint density at radius 3 is 2.78 bits per heavy atom. The molecule has 0 aliphatic carbocycles. The van der Waals surface area contributed by atoms with Gasteiger partial charge in [0.15, 0.2) is 5.82 Å². The normalized spacial score (nSPS) is 15.0. The lowest BCUT2D eigenvalue weighted by molar-refractivity contribution is 0.0182. The Hall–Kier alpha value is -1.08. The van der Waals surface area contributed by atoms with Gasteiger partial charge >= 0.3 is 0 Å². The molecule has 0 saturated carbocycles. The van der Waals surface area contributed by atoms with Crippen molar-refractivity contribution in [3.8, 4) is 0 Å². The molecule has 1 aromatic heterocycles. The van der Waals surface area contributed by atoms with Gasteiger partial charge in [-0.1, -0.05) is 12.1 Å². The number of hydrogen-bond donors (Lipinski definition) is 1. The van der Waals surface area contributed by atoms with Crippen LogP contribution in [0.2, 0.25) is 0 Å². The van der Waals surface area contributed by atoms with Crippen LogP contribution in [-0.4, -0.2) is 36.3 Å². The Kier molecular flexibility index (Phi) is 5.61. The first-order chi connectivity index (χ1) is 8.51. The van der Waals surface area contributed by atoms with Gasteiger partial charge in [-0.25, -0.2) is 8.78 Å². The quantitative estimate of drug-likeness (QED) is 0.720. The second kappa shape index (κ2) is 6.75. The number of nitrogens with two attached hydrogens (primary N) is 1. The molecular formula is C11H19F2N3O2. The molecular weight excluding hydrogens is 244 g/mol. The number of halogens is 2. The summed E-state index contributed by atoms with van der Waals surface area (Å²) in [6.07, 6.45) is -1.32. The lowest BCUT2D eigenvalue weighted by atomic mass is 9.88. The van der Waals surface area contributed by atoms with Crippen molar-refractivity contribution in [2.45, 2.75) is 38.5 Å². The monoisotopic (exact) mass is 263 g/mol. The van der Waals surface area contributed by atoms with Crippen molar-refractivity contribution in [3.05, 3.63) is 11.7 Å². The summed E-state index contributed by atoms with van der Waals surface area (Å²) < 4.78 is 33.5. The van der Waals surface area contributed by atoms with Gasteiger partial charge in [-0.05, 0) is 13.3 Å². The molecule has 0 amide bonds. The average molecular weight is 263 g/mol. The second-order valence-electron chi connectivity index (χ2n) is 4.35. The molecule has 0 bridgehead atoms. The Balaban J connectivity index is 2.48. The van der Waals surface area contributed by atoms with Crippen LogP contribution in [0.4, 0.5) is 8.78 Å². The molecule has 0 fully saturated rings. The number of alkyl halides is 2. The summed E-state index contributed by atoms with van der Waals surface area (Å²) in [4.78, 5) is 4.22. The minimum atomic E-state index is -2.45. The number of rotatable bonds is 8. The zero-order valence-electron chi connectivity index (χ0n) is 10.7. The van der Waals surface area contributed by atoms with E-state index in [-0.39, 0.29) is 12.0 Å². The van der Waals surface area contributed by atoms with Crippen LogP contribution < -0.4 is 5.73 Å². The van der Waals surface area contributed by atoms with Gasteiger partial charge < -0.3 is 15.0 Å². The highest BCUT2D eigenvalue weighted by atomic mass is 19.3. The van der Waals surface area contributed by atoms with Gasteiger partial charge in [0.2, 0.25) is 5.89 Å². The molecule has 1 unspecified atom stereocenters. The summed E-state index contributed by atoms with van der Waals surface area (Å²) in [6, 6.07) is 0. The third-order valence-corrected chi connectivity index (χ3v) is 2.93. The number of hydrogen-bond acceptors (Lipinski definition) is 5. The highest BCUT2D eigenvalue weighted by Gasteiger charge is 2.29. The smallest absolute Gasteiger partial charge is 0.261 e. The SMILES string of the molecule is CCC(C)(CN)c1nc(CCOCC(F)F)no1. The third-order valence-electron chi connectivity index (χ3n) is 2.93. The zero-order chi connectivity index (χ0) is 13.6. The first-order valence-electron chi connectivity index (χ1n) is 5.91. The van der Waals surface area contributed by atoms with Gasteiger partial charge in [0.1, 0.15) is 6.61 Å². The van der Waals surface area contributed by atoms with Crippen molar-refractivity contribution in [2.24, 2.45) is 5.73 Å². The summed E-state index contributed by atoms with van der Waals surface area (Å²) in [5.41, 5.74) is 5.34. The van der Waals surface area contributed by atoms with E-state index in [2.05, 4.69) is 10.1 Å². The molecule has 18 heavy (non-hydrogen) atoms. The van der Waals surface area contributed by atoms with Crippen molar-refractivity contribution in [1.29, 1.82) is 0 Å². The highest BCUT2D eigenvalue weighted by Crippen LogP contribution is 2.24. The van der Waals surface area contributed by atoms with Crippen LogP contribution in [0.15, 0.2) is 4.52 Å². The molecule has 5 nitrogen and oxygen atoms in total. The molecule has 1 rings (SSSR count). The molecule has 1 atom stereocenters. The molecule has 0 radical (unpaired) electrons. The van der Waals surface area contributed by atoms with E-state index in [0.717, 1.165) is 6.42 Å². The molecule has 2 N–H and O–H groups in total. The molecule has 0 saturated heterocycles. The maximum Gasteiger partial charge on any atom is 0.261 e. The first-order valence-corrected chi connectivity index (χ1v) is 5.91. The Morgan fingerprint density at radius 1 is 1.50 bits per heavy atom. The van der Waals surface area contributed by atoms with Gasteiger partial charge in [0.25, 0.3) is 6.43 Å². The Labute approximate surface area is 105 Å². The topological polar surface area (TPSA) is 74.2 Å². The van der Waals surface area contributed by atoms with Gasteiger partial charge in [-0.3, -0.25) is 0 Å². The molecule has 7 heteroatoms. The van der Waals surface area contributed by atoms with E-state index in [0.29, 0.717) is 24.7 Å². The van der Waals surface area contributed by atoms with Crippen LogP contribution >= 0.6 is 0 Å². The van der Waals surface area contributed by atoms with Gasteiger partial charge in [-0.15, -0.1) is 0 Å². The minimum Gasteiger partial charge on any atom is -0.375 e. The maximum absolute atomic E-state index is 11.8. The molecule has 104 valence electrons. The summed E-state index contributed by atoms with van der Waals surface area (Å²) >= 11 is 0. The van der Waals surface area contributed by atoms with Crippen molar-refractivity contribution in [3.63, 3.8) is 0 Å². The lowest BCUT2D eigenvalue weighted by Crippen LogP contribution is -2.31. The highest BCUT2D eigenvalue weighted by molar-refractivity contribution is 5.03. The molecule has 0 aliphatic rings. The van der Waals surface area contributed by atoms with Crippen LogP contribution in [0.3, 0.4) is 0 Å². The maximum atomic E-state index is 11.8. The van der Waals surface area contributed by atoms with Crippen LogP contribution in [-0.2, 0) is 16.6 Å². The van der Waals surface area contributed by atoms with E-state index in [4.69, 9.17) is 15.0 Å². The second-order valence-corrected chi connectivity index (χ2v) is 4.35. The van der Waals surface area contributed by atoms with Crippen LogP contribution in [0.25, 0.3) is 0 Å². The van der Waals surface area contributed by atoms with E-state index in [1.807, 2.05) is 13.8 Å². The predicted molar refractivity (Wildman–Crippen MR) is 61.5 cm³/mol. The van der Waals surface area contributed by atoms with Crippen LogP contribution in [0, 0.1) is 0 Å². The Bertz CT molecular complexity index is 354. The number of ether oxygens (including phenoxy) is 1. The molecule has 1 aromatic rings. The van der Waals surface area contributed by atoms with E-state index < -0.39 is 13.0 Å². The van der Waals surface area contributed by atoms with Crippen molar-refractivity contribution in [2.75, 3.05) is 19.8 Å². The molecule has 0 aliphatic heterocycles. The van der Waals surface area contributed by atoms with Crippen molar-refractivity contribution in [1.82, 2.24) is 10.1 Å². The summed E-state index contributed by atoms with van der Waals surface area (Å²) in [5.74, 6) is 0.934. The molecule has 0 spiro atoms. The average Bonchev–Trinajstić information content (AvgIpc) is 2.83. The molecule has 0 aromatic carbocycles. The van der Waals surface area contributed by atoms with Gasteiger partial charge in [-0.2, -0.15) is 4.98 Å². The fraction of sp³-hybridized carbons (Fsp3) is 0.818. The summed E-state index contributed by atoms with van der Waals surface area (Å²) in [7, 11) is 0. The third kappa shape index (κ3) is 3.99. The number of nitrogens with zero attached hydrogens (tertiary/aromatic N) is 2. The number of aromatic nitrogens is 2. The first kappa shape index (κ1) is 15.0. The van der Waals surface area contributed by atoms with E-state index >= 15 is 0 Å². The van der Waals surface area contributed by atoms with E-state index in [1.54, 1.807) is 0 Å². The van der Waals surface area contributed by atoms with Crippen LogP contribution in [0.1, 0.15) is 32.0 Å². The summed E-state index contributed by atoms with van der Waals surface area (Å²) in [6.45, 7) is 3.92. The van der Waals surface area contributed by atoms with Gasteiger partial charge in [0, 0.05) is 13.0 Å². The lowest BCUT2D eigenvalue weighted by Gasteiger charge is -2.20. The Morgan fingerprint density at radius 2 is 2.22 bits per heavy atom. The fourth-order valence-corrected chi connectivity index (χ4v) is 1.32. The predicted octanol–water partition coefficient (Wildman–Crippen LogP) is 1.52. The fourth-order valence-electron chi connectivity index (χ4n) is 1.32. The van der Waals surface area contributed by atoms with Crippen molar-refractivity contribution >= 4 is 0 Å². The molecule has 1 heterocycles. The van der Waals surface area contributed by atoms with Crippen molar-refractivity contribution < 1.29 is 18.0 Å². The standard InChI is InChI=1S/C11H19F2N3O2/c1-3-11(2,7-14)10-15-9(16-18-10)4-5-17-6-8(12)13/h8H,3-7,14H2,1-2H3. The zero-order valence-corrected chi connectivity index (χ0v) is 10.7. The largest absolute Gasteiger partial charge is 0.375 e. The van der Waals surface area contributed by atoms with Crippen LogP contribution in [0.5, 0.6) is 0 Å². The summed E-state index contributed by atoms with van der Waals surface area (Å²) in [5, 5.41) is 3.79. The van der Waals surface area contributed by atoms with E-state index in [1.165, 1.54) is 0 Å². The van der Waals surface area contributed by atoms with Gasteiger partial charge in [0.05, 0.1) is 12.0 Å². The van der Waals surface area contributed by atoms with E-state index in [9.17, 15) is 8.78 Å². The minimum absolute atomic E-state index is 0.148.